The Bertz CT molecular complexity index is 392. The molecular formula is C13H19F2NO4. The highest BCUT2D eigenvalue weighted by atomic mass is 19.3. The summed E-state index contributed by atoms with van der Waals surface area (Å²) < 4.78 is 31.3. The Morgan fingerprint density at radius 2 is 1.85 bits per heavy atom. The Morgan fingerprint density at radius 3 is 2.40 bits per heavy atom. The molecule has 1 aliphatic heterocycles. The van der Waals surface area contributed by atoms with Gasteiger partial charge in [0, 0.05) is 25.8 Å². The number of ether oxygens (including phenoxy) is 1. The molecule has 20 heavy (non-hydrogen) atoms. The minimum atomic E-state index is -2.67. The Labute approximate surface area is 115 Å². The van der Waals surface area contributed by atoms with Crippen LogP contribution >= 0.6 is 0 Å². The van der Waals surface area contributed by atoms with E-state index in [0.29, 0.717) is 0 Å². The lowest BCUT2D eigenvalue weighted by molar-refractivity contribution is -0.146. The van der Waals surface area contributed by atoms with Gasteiger partial charge in [-0.25, -0.2) is 8.78 Å². The number of carbonyl (C=O) groups is 2. The van der Waals surface area contributed by atoms with Crippen molar-refractivity contribution in [1.29, 1.82) is 0 Å². The molecule has 1 saturated carbocycles. The zero-order chi connectivity index (χ0) is 14.9. The summed E-state index contributed by atoms with van der Waals surface area (Å²) in [6, 6.07) is -0.512. The molecule has 1 N–H and O–H groups in total. The van der Waals surface area contributed by atoms with Gasteiger partial charge in [-0.15, -0.1) is 0 Å². The lowest BCUT2D eigenvalue weighted by atomic mass is 9.85. The highest BCUT2D eigenvalue weighted by Gasteiger charge is 2.42. The predicted octanol–water partition coefficient (Wildman–Crippen LogP) is 1.37. The smallest absolute Gasteiger partial charge is 0.311 e. The molecule has 7 heteroatoms. The Balaban J connectivity index is 1.97. The van der Waals surface area contributed by atoms with Gasteiger partial charge < -0.3 is 14.7 Å². The lowest BCUT2D eigenvalue weighted by Crippen LogP contribution is -2.47. The first-order chi connectivity index (χ1) is 9.32. The van der Waals surface area contributed by atoms with Crippen LogP contribution in [0.15, 0.2) is 0 Å². The molecule has 5 nitrogen and oxygen atoms in total. The minimum Gasteiger partial charge on any atom is -0.481 e. The van der Waals surface area contributed by atoms with E-state index in [0.717, 1.165) is 0 Å². The Kier molecular flexibility index (Phi) is 4.27. The molecule has 2 rings (SSSR count). The fraction of sp³-hybridized carbons (Fsp3) is 0.846. The second-order valence-electron chi connectivity index (χ2n) is 5.63. The molecule has 0 spiro atoms. The monoisotopic (exact) mass is 291 g/mol. The van der Waals surface area contributed by atoms with Crippen LogP contribution in [0.3, 0.4) is 0 Å². The first kappa shape index (κ1) is 15.2. The Morgan fingerprint density at radius 1 is 1.25 bits per heavy atom. The summed E-state index contributed by atoms with van der Waals surface area (Å²) in [6.07, 6.45) is -0.246. The van der Waals surface area contributed by atoms with Gasteiger partial charge in [0.1, 0.15) is 5.92 Å². The molecule has 0 aromatic heterocycles. The number of hydrogen-bond acceptors (Lipinski definition) is 3. The number of carboxylic acids is 1. The van der Waals surface area contributed by atoms with E-state index >= 15 is 0 Å². The van der Waals surface area contributed by atoms with Gasteiger partial charge in [0.2, 0.25) is 11.8 Å². The number of nitrogens with zero attached hydrogens (tertiary/aromatic N) is 1. The van der Waals surface area contributed by atoms with E-state index in [9.17, 15) is 18.4 Å². The first-order valence-electron chi connectivity index (χ1n) is 6.77. The number of carboxylic acid groups (broad SMARTS) is 1. The van der Waals surface area contributed by atoms with Gasteiger partial charge in [0.15, 0.2) is 0 Å². The van der Waals surface area contributed by atoms with E-state index in [1.165, 1.54) is 11.9 Å². The summed E-state index contributed by atoms with van der Waals surface area (Å²) in [4.78, 5) is 24.8. The highest BCUT2D eigenvalue weighted by Crippen LogP contribution is 2.37. The first-order valence-corrected chi connectivity index (χ1v) is 6.77. The van der Waals surface area contributed by atoms with Gasteiger partial charge in [0.05, 0.1) is 19.3 Å². The van der Waals surface area contributed by atoms with Crippen LogP contribution in [-0.4, -0.2) is 54.1 Å². The molecule has 1 saturated heterocycles. The zero-order valence-corrected chi connectivity index (χ0v) is 11.3. The number of likely N-dealkylation sites (N-methyl/N-ethyl adjacent to an activating group) is 1. The van der Waals surface area contributed by atoms with Crippen LogP contribution in [0.4, 0.5) is 8.78 Å². The second-order valence-corrected chi connectivity index (χ2v) is 5.63. The maximum absolute atomic E-state index is 13.1. The van der Waals surface area contributed by atoms with Gasteiger partial charge in [-0.05, 0) is 12.8 Å². The standard InChI is InChI=1S/C13H19F2NO4/c1-16(10-7-20-6-9(10)12(18)19)11(17)8-2-4-13(14,15)5-3-8/h8-10H,2-7H2,1H3,(H,18,19). The molecule has 1 aliphatic carbocycles. The SMILES string of the molecule is CN(C(=O)C1CCC(F)(F)CC1)C1COCC1C(=O)O. The molecule has 0 aromatic carbocycles. The molecule has 114 valence electrons. The van der Waals surface area contributed by atoms with Crippen LogP contribution in [0.25, 0.3) is 0 Å². The van der Waals surface area contributed by atoms with Crippen molar-refractivity contribution in [2.75, 3.05) is 20.3 Å². The molecule has 0 aromatic rings. The van der Waals surface area contributed by atoms with Crippen molar-refractivity contribution in [1.82, 2.24) is 4.90 Å². The minimum absolute atomic E-state index is 0.0837. The summed E-state index contributed by atoms with van der Waals surface area (Å²) in [5.41, 5.74) is 0. The quantitative estimate of drug-likeness (QED) is 0.853. The van der Waals surface area contributed by atoms with E-state index in [4.69, 9.17) is 9.84 Å². The summed E-state index contributed by atoms with van der Waals surface area (Å²) in [7, 11) is 1.53. The lowest BCUT2D eigenvalue weighted by Gasteiger charge is -2.33. The summed E-state index contributed by atoms with van der Waals surface area (Å²) in [5.74, 6) is -5.09. The normalized spacial score (nSPS) is 30.1. The average Bonchev–Trinajstić information content (AvgIpc) is 2.86. The molecular weight excluding hydrogens is 272 g/mol. The van der Waals surface area contributed by atoms with Gasteiger partial charge in [-0.1, -0.05) is 0 Å². The summed E-state index contributed by atoms with van der Waals surface area (Å²) in [5, 5.41) is 9.08. The number of halogens is 2. The highest BCUT2D eigenvalue weighted by molar-refractivity contribution is 5.80. The average molecular weight is 291 g/mol. The van der Waals surface area contributed by atoms with Crippen molar-refractivity contribution in [3.05, 3.63) is 0 Å². The van der Waals surface area contributed by atoms with E-state index in [1.807, 2.05) is 0 Å². The molecule has 1 heterocycles. The van der Waals surface area contributed by atoms with Crippen LogP contribution in [0.2, 0.25) is 0 Å². The van der Waals surface area contributed by atoms with E-state index in [-0.39, 0.29) is 44.8 Å². The van der Waals surface area contributed by atoms with E-state index in [1.54, 1.807) is 0 Å². The molecule has 0 radical (unpaired) electrons. The molecule has 0 bridgehead atoms. The maximum atomic E-state index is 13.1. The number of rotatable bonds is 3. The van der Waals surface area contributed by atoms with Gasteiger partial charge in [-0.3, -0.25) is 9.59 Å². The largest absolute Gasteiger partial charge is 0.481 e. The van der Waals surface area contributed by atoms with Crippen LogP contribution in [0.5, 0.6) is 0 Å². The van der Waals surface area contributed by atoms with Crippen molar-refractivity contribution in [3.8, 4) is 0 Å². The van der Waals surface area contributed by atoms with Crippen LogP contribution in [0, 0.1) is 11.8 Å². The van der Waals surface area contributed by atoms with Crippen molar-refractivity contribution < 1.29 is 28.2 Å². The van der Waals surface area contributed by atoms with E-state index in [2.05, 4.69) is 0 Å². The van der Waals surface area contributed by atoms with Crippen molar-refractivity contribution in [3.63, 3.8) is 0 Å². The van der Waals surface area contributed by atoms with Gasteiger partial charge in [0.25, 0.3) is 0 Å². The van der Waals surface area contributed by atoms with Crippen molar-refractivity contribution in [2.24, 2.45) is 11.8 Å². The second kappa shape index (κ2) is 5.63. The summed E-state index contributed by atoms with van der Waals surface area (Å²) >= 11 is 0. The molecule has 2 unspecified atom stereocenters. The third-order valence-corrected chi connectivity index (χ3v) is 4.28. The molecule has 1 amide bonds. The fourth-order valence-electron chi connectivity index (χ4n) is 2.90. The number of carbonyl (C=O) groups excluding carboxylic acids is 1. The van der Waals surface area contributed by atoms with Crippen LogP contribution in [0.1, 0.15) is 25.7 Å². The number of amides is 1. The molecule has 2 aliphatic rings. The predicted molar refractivity (Wildman–Crippen MR) is 65.4 cm³/mol. The molecule has 2 fully saturated rings. The van der Waals surface area contributed by atoms with Crippen LogP contribution in [-0.2, 0) is 14.3 Å². The fourth-order valence-corrected chi connectivity index (χ4v) is 2.90. The van der Waals surface area contributed by atoms with Crippen molar-refractivity contribution >= 4 is 11.9 Å². The third kappa shape index (κ3) is 3.08. The Hall–Kier alpha value is -1.24. The van der Waals surface area contributed by atoms with Crippen LogP contribution < -0.4 is 0 Å². The van der Waals surface area contributed by atoms with Gasteiger partial charge >= 0.3 is 5.97 Å². The number of hydrogen-bond donors (Lipinski definition) is 1. The summed E-state index contributed by atoms with van der Waals surface area (Å²) in [6.45, 7) is 0.266. The third-order valence-electron chi connectivity index (χ3n) is 4.28. The van der Waals surface area contributed by atoms with Gasteiger partial charge in [-0.2, -0.15) is 0 Å². The number of aliphatic carboxylic acids is 1. The molecule has 2 atom stereocenters. The van der Waals surface area contributed by atoms with Crippen molar-refractivity contribution in [2.45, 2.75) is 37.6 Å². The zero-order valence-electron chi connectivity index (χ0n) is 11.3. The topological polar surface area (TPSA) is 66.8 Å². The van der Waals surface area contributed by atoms with E-state index < -0.39 is 29.8 Å². The maximum Gasteiger partial charge on any atom is 0.311 e. The number of alkyl halides is 2.